The van der Waals surface area contributed by atoms with Crippen LogP contribution < -0.4 is 5.32 Å². The van der Waals surface area contributed by atoms with Gasteiger partial charge in [-0.3, -0.25) is 4.79 Å². The van der Waals surface area contributed by atoms with E-state index >= 15 is 0 Å². The van der Waals surface area contributed by atoms with Gasteiger partial charge in [-0.15, -0.1) is 0 Å². The molecule has 4 aromatic rings. The molecule has 0 saturated carbocycles. The Kier molecular flexibility index (Phi) is 5.34. The Morgan fingerprint density at radius 2 is 1.78 bits per heavy atom. The van der Waals surface area contributed by atoms with Gasteiger partial charge in [0.05, 0.1) is 17.7 Å². The molecule has 32 heavy (non-hydrogen) atoms. The molecule has 2 N–H and O–H groups in total. The van der Waals surface area contributed by atoms with E-state index in [9.17, 15) is 9.90 Å². The molecule has 6 heteroatoms. The van der Waals surface area contributed by atoms with Crippen molar-refractivity contribution in [1.29, 1.82) is 0 Å². The molecular weight excluding hydrogens is 466 g/mol. The van der Waals surface area contributed by atoms with E-state index in [1.54, 1.807) is 6.07 Å². The summed E-state index contributed by atoms with van der Waals surface area (Å²) in [5.74, 6) is 0.364. The molecule has 1 aliphatic rings. The Morgan fingerprint density at radius 1 is 1.00 bits per heavy atom. The van der Waals surface area contributed by atoms with Crippen molar-refractivity contribution in [2.24, 2.45) is 0 Å². The number of carbonyl (C=O) groups is 1. The first-order valence-electron chi connectivity index (χ1n) is 10.2. The second-order valence-electron chi connectivity index (χ2n) is 7.61. The van der Waals surface area contributed by atoms with Gasteiger partial charge in [0.2, 0.25) is 5.91 Å². The third kappa shape index (κ3) is 4.08. The fraction of sp³-hybridized carbons (Fsp3) is 0.115. The molecule has 5 rings (SSSR count). The number of benzene rings is 2. The average molecular weight is 484 g/mol. The molecule has 0 fully saturated rings. The number of hydrogen-bond donors (Lipinski definition) is 2. The third-order valence-corrected chi connectivity index (χ3v) is 5.90. The smallest absolute Gasteiger partial charge is 0.230 e. The van der Waals surface area contributed by atoms with Crippen LogP contribution in [0.3, 0.4) is 0 Å². The van der Waals surface area contributed by atoms with Gasteiger partial charge in [-0.1, -0.05) is 64.5 Å². The summed E-state index contributed by atoms with van der Waals surface area (Å²) in [6.45, 7) is 0. The van der Waals surface area contributed by atoms with Gasteiger partial charge < -0.3 is 10.4 Å². The molecule has 5 nitrogen and oxygen atoms in total. The number of nitrogens with one attached hydrogen (secondary N) is 1. The summed E-state index contributed by atoms with van der Waals surface area (Å²) in [6, 6.07) is 24.8. The van der Waals surface area contributed by atoms with Crippen molar-refractivity contribution >= 4 is 27.7 Å². The van der Waals surface area contributed by atoms with Crippen molar-refractivity contribution in [3.63, 3.8) is 0 Å². The van der Waals surface area contributed by atoms with Crippen molar-refractivity contribution in [2.75, 3.05) is 5.32 Å². The lowest BCUT2D eigenvalue weighted by Crippen LogP contribution is -2.18. The Bertz CT molecular complexity index is 1300. The van der Waals surface area contributed by atoms with Crippen LogP contribution in [0.4, 0.5) is 5.82 Å². The van der Waals surface area contributed by atoms with Crippen LogP contribution >= 0.6 is 15.9 Å². The molecule has 0 atom stereocenters. The van der Waals surface area contributed by atoms with Crippen LogP contribution in [0.2, 0.25) is 0 Å². The first-order chi connectivity index (χ1) is 15.6. The second-order valence-corrected chi connectivity index (χ2v) is 8.53. The summed E-state index contributed by atoms with van der Waals surface area (Å²) >= 11 is 3.41. The van der Waals surface area contributed by atoms with E-state index in [0.29, 0.717) is 30.0 Å². The fourth-order valence-corrected chi connectivity index (χ4v) is 4.10. The summed E-state index contributed by atoms with van der Waals surface area (Å²) < 4.78 is 0.969. The minimum absolute atomic E-state index is 0.0697. The number of amides is 1. The Labute approximate surface area is 194 Å². The summed E-state index contributed by atoms with van der Waals surface area (Å²) in [7, 11) is 0. The van der Waals surface area contributed by atoms with Crippen LogP contribution in [0, 0.1) is 12.1 Å². The van der Waals surface area contributed by atoms with Gasteiger partial charge in [0.25, 0.3) is 0 Å². The number of aromatic hydroxyl groups is 1. The largest absolute Gasteiger partial charge is 0.501 e. The number of halogens is 1. The Balaban J connectivity index is 1.54. The fourth-order valence-electron chi connectivity index (χ4n) is 3.83. The monoisotopic (exact) mass is 483 g/mol. The van der Waals surface area contributed by atoms with Crippen LogP contribution in [-0.4, -0.2) is 21.0 Å². The number of aromatic nitrogens is 2. The molecule has 0 aliphatic heterocycles. The molecule has 0 spiro atoms. The maximum absolute atomic E-state index is 12.8. The Morgan fingerprint density at radius 3 is 2.56 bits per heavy atom. The van der Waals surface area contributed by atoms with Gasteiger partial charge in [-0.2, -0.15) is 0 Å². The highest BCUT2D eigenvalue weighted by Crippen LogP contribution is 2.35. The van der Waals surface area contributed by atoms with E-state index in [1.807, 2.05) is 54.6 Å². The molecule has 0 bridgehead atoms. The molecule has 3 aromatic carbocycles. The average Bonchev–Trinajstić information content (AvgIpc) is 2.80. The highest BCUT2D eigenvalue weighted by atomic mass is 79.9. The van der Waals surface area contributed by atoms with Gasteiger partial charge in [-0.25, -0.2) is 9.97 Å². The maximum atomic E-state index is 12.8. The minimum Gasteiger partial charge on any atom is -0.501 e. The van der Waals surface area contributed by atoms with E-state index in [-0.39, 0.29) is 18.1 Å². The van der Waals surface area contributed by atoms with E-state index in [2.05, 4.69) is 33.4 Å². The van der Waals surface area contributed by atoms with E-state index < -0.39 is 0 Å². The molecule has 1 aliphatic carbocycles. The van der Waals surface area contributed by atoms with Crippen molar-refractivity contribution in [2.45, 2.75) is 19.3 Å². The summed E-state index contributed by atoms with van der Waals surface area (Å²) in [5.41, 5.74) is 5.64. The summed E-state index contributed by atoms with van der Waals surface area (Å²) in [6.07, 6.45) is 1.62. The topological polar surface area (TPSA) is 75.1 Å². The van der Waals surface area contributed by atoms with Crippen molar-refractivity contribution in [1.82, 2.24) is 9.97 Å². The van der Waals surface area contributed by atoms with Crippen molar-refractivity contribution in [3.8, 4) is 28.3 Å². The quantitative estimate of drug-likeness (QED) is 0.420. The van der Waals surface area contributed by atoms with E-state index in [4.69, 9.17) is 9.97 Å². The number of rotatable bonds is 4. The van der Waals surface area contributed by atoms with Crippen molar-refractivity contribution in [3.05, 3.63) is 94.1 Å². The minimum atomic E-state index is -0.153. The van der Waals surface area contributed by atoms with E-state index in [1.165, 1.54) is 0 Å². The lowest BCUT2D eigenvalue weighted by atomic mass is 9.92. The van der Waals surface area contributed by atoms with Gasteiger partial charge in [0, 0.05) is 10.0 Å². The zero-order chi connectivity index (χ0) is 22.1. The highest BCUT2D eigenvalue weighted by molar-refractivity contribution is 9.10. The highest BCUT2D eigenvalue weighted by Gasteiger charge is 2.23. The number of hydrogen-bond acceptors (Lipinski definition) is 4. The van der Waals surface area contributed by atoms with Gasteiger partial charge in [-0.05, 0) is 48.2 Å². The predicted molar refractivity (Wildman–Crippen MR) is 126 cm³/mol. The lowest BCUT2D eigenvalue weighted by molar-refractivity contribution is -0.115. The molecule has 0 saturated heterocycles. The molecule has 0 unspecified atom stereocenters. The zero-order valence-corrected chi connectivity index (χ0v) is 18.6. The maximum Gasteiger partial charge on any atom is 0.230 e. The van der Waals surface area contributed by atoms with Crippen LogP contribution in [0.15, 0.2) is 65.1 Å². The van der Waals surface area contributed by atoms with Gasteiger partial charge >= 0.3 is 0 Å². The van der Waals surface area contributed by atoms with Crippen LogP contribution in [-0.2, 0) is 24.1 Å². The first-order valence-corrected chi connectivity index (χ1v) is 11.0. The van der Waals surface area contributed by atoms with Gasteiger partial charge in [0.1, 0.15) is 11.4 Å². The van der Waals surface area contributed by atoms with E-state index in [0.717, 1.165) is 32.4 Å². The summed E-state index contributed by atoms with van der Waals surface area (Å²) in [4.78, 5) is 22.5. The van der Waals surface area contributed by atoms with Crippen molar-refractivity contribution < 1.29 is 9.90 Å². The molecule has 1 heterocycles. The number of anilines is 1. The van der Waals surface area contributed by atoms with Gasteiger partial charge in [0.15, 0.2) is 11.6 Å². The number of nitrogens with zero attached hydrogens (tertiary/aromatic N) is 2. The van der Waals surface area contributed by atoms with Crippen LogP contribution in [0.25, 0.3) is 22.5 Å². The number of fused-ring (bicyclic) bond motifs is 3. The zero-order valence-electron chi connectivity index (χ0n) is 17.0. The molecule has 1 aromatic heterocycles. The lowest BCUT2D eigenvalue weighted by Gasteiger charge is -2.20. The normalized spacial score (nSPS) is 11.8. The molecule has 156 valence electrons. The number of carbonyl (C=O) groups excluding carboxylic acids is 1. The molecular formula is C26H18BrN3O2. The predicted octanol–water partition coefficient (Wildman–Crippen LogP) is 5.16. The van der Waals surface area contributed by atoms with Crippen LogP contribution in [0.5, 0.6) is 5.75 Å². The SMILES string of the molecule is O=C(Cc1ccc(Br)cc1)Nc1nc2c(nc1-c1ccccc1)-c1c#cc(O)cc1CC2. The first kappa shape index (κ1) is 20.2. The third-order valence-electron chi connectivity index (χ3n) is 5.37. The molecule has 0 radical (unpaired) electrons. The van der Waals surface area contributed by atoms with Crippen LogP contribution in [0.1, 0.15) is 16.8 Å². The summed E-state index contributed by atoms with van der Waals surface area (Å²) in [5, 5.41) is 12.7. The number of aryl methyl sites for hydroxylation is 2. The second kappa shape index (κ2) is 8.45. The standard InChI is InChI=1S/C26H18BrN3O2/c27-19-9-6-16(7-10-19)14-23(32)29-26-24(17-4-2-1-3-5-17)30-25-21-12-11-20(31)15-18(21)8-13-22(25)28-26/h1-7,9-10,15,31H,8,13-14H2,(H,28,29,32). The Hall–Kier alpha value is -3.69. The molecule has 1 amide bonds.